The van der Waals surface area contributed by atoms with Crippen molar-refractivity contribution < 1.29 is 29.0 Å². The molecule has 3 aliphatic heterocycles. The Morgan fingerprint density at radius 3 is 2.57 bits per heavy atom. The van der Waals surface area contributed by atoms with Gasteiger partial charge < -0.3 is 24.8 Å². The first-order chi connectivity index (χ1) is 16.6. The second-order valence-electron chi connectivity index (χ2n) is 10.9. The fourth-order valence-corrected chi connectivity index (χ4v) is 6.66. The number of amides is 2. The molecule has 3 fully saturated rings. The Morgan fingerprint density at radius 2 is 1.97 bits per heavy atom. The van der Waals surface area contributed by atoms with Crippen LogP contribution in [0.25, 0.3) is 0 Å². The van der Waals surface area contributed by atoms with E-state index in [1.54, 1.807) is 6.92 Å². The molecule has 1 aromatic carbocycles. The third-order valence-corrected chi connectivity index (χ3v) is 8.20. The van der Waals surface area contributed by atoms with E-state index < -0.39 is 41.1 Å². The number of nitrogens with zero attached hydrogens (tertiary/aromatic N) is 1. The molecule has 3 unspecified atom stereocenters. The summed E-state index contributed by atoms with van der Waals surface area (Å²) in [6.07, 6.45) is 1.01. The number of carbonyl (C=O) groups excluding carboxylic acids is 3. The summed E-state index contributed by atoms with van der Waals surface area (Å²) in [6.45, 7) is 9.86. The van der Waals surface area contributed by atoms with Crippen molar-refractivity contribution in [3.05, 3.63) is 35.9 Å². The molecule has 3 saturated heterocycles. The van der Waals surface area contributed by atoms with E-state index in [0.29, 0.717) is 19.4 Å². The van der Waals surface area contributed by atoms with Gasteiger partial charge in [0.2, 0.25) is 11.8 Å². The van der Waals surface area contributed by atoms with Crippen molar-refractivity contribution in [2.75, 3.05) is 13.2 Å². The normalized spacial score (nSPS) is 34.3. The molecule has 35 heavy (non-hydrogen) atoms. The maximum Gasteiger partial charge on any atom is 0.312 e. The van der Waals surface area contributed by atoms with Gasteiger partial charge in [0.05, 0.1) is 30.8 Å². The van der Waals surface area contributed by atoms with Crippen LogP contribution in [-0.4, -0.2) is 64.3 Å². The Balaban J connectivity index is 1.75. The quantitative estimate of drug-likeness (QED) is 0.519. The lowest BCUT2D eigenvalue weighted by Crippen LogP contribution is -2.58. The number of hydrogen-bond acceptors (Lipinski definition) is 6. The van der Waals surface area contributed by atoms with Crippen LogP contribution in [0.5, 0.6) is 0 Å². The van der Waals surface area contributed by atoms with E-state index in [2.05, 4.69) is 5.32 Å². The van der Waals surface area contributed by atoms with E-state index in [-0.39, 0.29) is 36.9 Å². The van der Waals surface area contributed by atoms with Crippen LogP contribution in [-0.2, 0) is 30.4 Å². The Hall–Kier alpha value is -2.45. The summed E-state index contributed by atoms with van der Waals surface area (Å²) in [5, 5.41) is 13.3. The molecular formula is C27H38N2O6. The molecule has 2 N–H and O–H groups in total. The average Bonchev–Trinajstić information content (AvgIpc) is 3.33. The minimum atomic E-state index is -1.14. The predicted octanol–water partition coefficient (Wildman–Crippen LogP) is 2.28. The number of aliphatic hydroxyl groups excluding tert-OH is 1. The van der Waals surface area contributed by atoms with Gasteiger partial charge in [-0.3, -0.25) is 14.4 Å². The maximum atomic E-state index is 14.1. The van der Waals surface area contributed by atoms with Gasteiger partial charge in [-0.2, -0.15) is 0 Å². The van der Waals surface area contributed by atoms with Gasteiger partial charge in [0.1, 0.15) is 17.6 Å². The third-order valence-electron chi connectivity index (χ3n) is 8.20. The Kier molecular flexibility index (Phi) is 6.99. The van der Waals surface area contributed by atoms with Gasteiger partial charge in [-0.25, -0.2) is 0 Å². The molecule has 7 atom stereocenters. The Labute approximate surface area is 207 Å². The highest BCUT2D eigenvalue weighted by molar-refractivity contribution is 5.98. The number of carbonyl (C=O) groups is 3. The summed E-state index contributed by atoms with van der Waals surface area (Å²) in [4.78, 5) is 42.6. The zero-order valence-electron chi connectivity index (χ0n) is 21.3. The van der Waals surface area contributed by atoms with Crippen molar-refractivity contribution in [2.45, 2.75) is 77.3 Å². The van der Waals surface area contributed by atoms with E-state index in [0.717, 1.165) is 5.56 Å². The summed E-state index contributed by atoms with van der Waals surface area (Å²) >= 11 is 0. The zero-order valence-corrected chi connectivity index (χ0v) is 21.3. The van der Waals surface area contributed by atoms with Crippen LogP contribution < -0.4 is 5.32 Å². The van der Waals surface area contributed by atoms with Crippen LogP contribution in [0, 0.1) is 23.7 Å². The van der Waals surface area contributed by atoms with Crippen LogP contribution in [0.4, 0.5) is 0 Å². The molecule has 0 saturated carbocycles. The smallest absolute Gasteiger partial charge is 0.312 e. The van der Waals surface area contributed by atoms with Gasteiger partial charge in [-0.05, 0) is 44.1 Å². The van der Waals surface area contributed by atoms with Crippen LogP contribution in [0.2, 0.25) is 0 Å². The molecule has 0 radical (unpaired) electrons. The number of esters is 1. The molecule has 4 rings (SSSR count). The topological polar surface area (TPSA) is 105 Å². The van der Waals surface area contributed by atoms with Crippen LogP contribution in [0.15, 0.2) is 30.3 Å². The number of rotatable bonds is 9. The van der Waals surface area contributed by atoms with Gasteiger partial charge in [0, 0.05) is 6.54 Å². The van der Waals surface area contributed by atoms with Crippen LogP contribution in [0.1, 0.15) is 53.0 Å². The van der Waals surface area contributed by atoms with Gasteiger partial charge in [-0.15, -0.1) is 0 Å². The summed E-state index contributed by atoms with van der Waals surface area (Å²) in [7, 11) is 0. The third kappa shape index (κ3) is 4.04. The lowest BCUT2D eigenvalue weighted by atomic mass is 9.62. The molecule has 2 amide bonds. The SMILES string of the molecule is CCOC(=O)[C@@H]1[C@H]2C(=O)N([C@@H](CO)CC(C)C)C(C(=O)NCc3ccccc3)C23CC(C)[C@@]1(C)O3. The molecule has 0 aromatic heterocycles. The first-order valence-electron chi connectivity index (χ1n) is 12.7. The molecule has 8 nitrogen and oxygen atoms in total. The zero-order chi connectivity index (χ0) is 25.5. The molecule has 1 spiro atoms. The first-order valence-corrected chi connectivity index (χ1v) is 12.7. The highest BCUT2D eigenvalue weighted by atomic mass is 16.6. The van der Waals surface area contributed by atoms with E-state index in [4.69, 9.17) is 9.47 Å². The summed E-state index contributed by atoms with van der Waals surface area (Å²) < 4.78 is 12.0. The van der Waals surface area contributed by atoms with Gasteiger partial charge >= 0.3 is 5.97 Å². The first kappa shape index (κ1) is 25.6. The number of aliphatic hydroxyl groups is 1. The summed E-state index contributed by atoms with van der Waals surface area (Å²) in [5.74, 6) is -2.57. The minimum absolute atomic E-state index is 0.0528. The van der Waals surface area contributed by atoms with Crippen molar-refractivity contribution in [1.29, 1.82) is 0 Å². The van der Waals surface area contributed by atoms with Crippen LogP contribution >= 0.6 is 0 Å². The standard InChI is InChI=1S/C27H38N2O6/c1-6-34-25(33)21-20-24(32)29(19(15-30)12-16(2)3)22(27(20)13-17(4)26(21,5)35-27)23(31)28-14-18-10-8-7-9-11-18/h7-11,16-17,19-22,30H,6,12-15H2,1-5H3,(H,28,31)/t17?,19-,20+,21+,22?,26-,27?/m1/s1. The number of likely N-dealkylation sites (tertiary alicyclic amines) is 1. The number of nitrogens with one attached hydrogen (secondary N) is 1. The summed E-state index contributed by atoms with van der Waals surface area (Å²) in [6, 6.07) is 8.07. The Morgan fingerprint density at radius 1 is 1.29 bits per heavy atom. The van der Waals surface area contributed by atoms with Crippen molar-refractivity contribution in [3.63, 3.8) is 0 Å². The van der Waals surface area contributed by atoms with Crippen molar-refractivity contribution in [1.82, 2.24) is 10.2 Å². The molecule has 1 aromatic rings. The van der Waals surface area contributed by atoms with E-state index in [1.807, 2.05) is 58.0 Å². The van der Waals surface area contributed by atoms with Gasteiger partial charge in [0.25, 0.3) is 0 Å². The van der Waals surface area contributed by atoms with Crippen LogP contribution in [0.3, 0.4) is 0 Å². The second-order valence-corrected chi connectivity index (χ2v) is 10.9. The largest absolute Gasteiger partial charge is 0.466 e. The number of hydrogen-bond donors (Lipinski definition) is 2. The fourth-order valence-electron chi connectivity index (χ4n) is 6.66. The average molecular weight is 487 g/mol. The maximum absolute atomic E-state index is 14.1. The number of ether oxygens (including phenoxy) is 2. The van der Waals surface area contributed by atoms with Crippen molar-refractivity contribution in [3.8, 4) is 0 Å². The highest BCUT2D eigenvalue weighted by Crippen LogP contribution is 2.65. The monoisotopic (exact) mass is 486 g/mol. The molecule has 3 heterocycles. The Bertz CT molecular complexity index is 968. The minimum Gasteiger partial charge on any atom is -0.466 e. The summed E-state index contributed by atoms with van der Waals surface area (Å²) in [5.41, 5.74) is -1.11. The van der Waals surface area contributed by atoms with E-state index in [9.17, 15) is 19.5 Å². The highest BCUT2D eigenvalue weighted by Gasteiger charge is 2.80. The molecule has 8 heteroatoms. The number of benzene rings is 1. The van der Waals surface area contributed by atoms with Crippen molar-refractivity contribution >= 4 is 17.8 Å². The second kappa shape index (κ2) is 9.54. The molecule has 3 aliphatic rings. The molecular weight excluding hydrogens is 448 g/mol. The fraction of sp³-hybridized carbons (Fsp3) is 0.667. The van der Waals surface area contributed by atoms with E-state index >= 15 is 0 Å². The molecule has 192 valence electrons. The van der Waals surface area contributed by atoms with Gasteiger partial charge in [-0.1, -0.05) is 51.1 Å². The lowest BCUT2D eigenvalue weighted by molar-refractivity contribution is -0.162. The lowest BCUT2D eigenvalue weighted by Gasteiger charge is -2.37. The van der Waals surface area contributed by atoms with Crippen molar-refractivity contribution in [2.24, 2.45) is 23.7 Å². The predicted molar refractivity (Wildman–Crippen MR) is 129 cm³/mol. The van der Waals surface area contributed by atoms with E-state index in [1.165, 1.54) is 4.90 Å². The molecule has 0 aliphatic carbocycles. The molecule has 2 bridgehead atoms. The van der Waals surface area contributed by atoms with Gasteiger partial charge in [0.15, 0.2) is 0 Å². The number of fused-ring (bicyclic) bond motifs is 1.